The van der Waals surface area contributed by atoms with Crippen LogP contribution >= 0.6 is 11.6 Å². The van der Waals surface area contributed by atoms with Gasteiger partial charge in [-0.3, -0.25) is 0 Å². The molecule has 0 saturated carbocycles. The van der Waals surface area contributed by atoms with Crippen molar-refractivity contribution in [3.05, 3.63) is 41.4 Å². The summed E-state index contributed by atoms with van der Waals surface area (Å²) in [4.78, 5) is 4.22. The summed E-state index contributed by atoms with van der Waals surface area (Å²) >= 11 is 6.04. The number of benzene rings is 1. The van der Waals surface area contributed by atoms with Crippen molar-refractivity contribution in [3.8, 4) is 5.88 Å². The van der Waals surface area contributed by atoms with Crippen LogP contribution in [-0.4, -0.2) is 12.1 Å². The van der Waals surface area contributed by atoms with Crippen molar-refractivity contribution < 1.29 is 4.74 Å². The lowest BCUT2D eigenvalue weighted by molar-refractivity contribution is 0.398. The van der Waals surface area contributed by atoms with Crippen molar-refractivity contribution in [1.29, 1.82) is 0 Å². The van der Waals surface area contributed by atoms with Gasteiger partial charge in [0.1, 0.15) is 5.82 Å². The molecule has 0 bridgehead atoms. The summed E-state index contributed by atoms with van der Waals surface area (Å²) in [5.41, 5.74) is 7.05. The Morgan fingerprint density at radius 1 is 1.29 bits per heavy atom. The highest BCUT2D eigenvalue weighted by Crippen LogP contribution is 2.27. The van der Waals surface area contributed by atoms with Crippen LogP contribution in [0.3, 0.4) is 0 Å². The molecule has 4 nitrogen and oxygen atoms in total. The van der Waals surface area contributed by atoms with Crippen molar-refractivity contribution in [2.24, 2.45) is 0 Å². The Balaban J connectivity index is 2.27. The number of nitrogens with zero attached hydrogens (tertiary/aromatic N) is 1. The lowest BCUT2D eigenvalue weighted by atomic mass is 10.3. The molecule has 0 unspecified atom stereocenters. The molecule has 1 aromatic carbocycles. The first-order chi connectivity index (χ1) is 8.19. The molecule has 0 atom stereocenters. The highest BCUT2D eigenvalue weighted by atomic mass is 35.5. The van der Waals surface area contributed by atoms with Gasteiger partial charge in [0.25, 0.3) is 0 Å². The van der Waals surface area contributed by atoms with Gasteiger partial charge >= 0.3 is 0 Å². The second-order valence-corrected chi connectivity index (χ2v) is 3.84. The zero-order valence-electron chi connectivity index (χ0n) is 9.27. The Bertz CT molecular complexity index is 531. The number of anilines is 3. The third-order valence-electron chi connectivity index (χ3n) is 2.19. The molecular formula is C12H12ClN3O. The Labute approximate surface area is 104 Å². The van der Waals surface area contributed by atoms with Gasteiger partial charge in [0.15, 0.2) is 0 Å². The average Bonchev–Trinajstić information content (AvgIpc) is 2.34. The Morgan fingerprint density at radius 3 is 2.88 bits per heavy atom. The second-order valence-electron chi connectivity index (χ2n) is 3.43. The van der Waals surface area contributed by atoms with Gasteiger partial charge in [0, 0.05) is 11.8 Å². The first-order valence-electron chi connectivity index (χ1n) is 5.02. The van der Waals surface area contributed by atoms with Crippen molar-refractivity contribution >= 4 is 28.8 Å². The molecule has 0 aliphatic heterocycles. The molecular weight excluding hydrogens is 238 g/mol. The topological polar surface area (TPSA) is 60.2 Å². The molecule has 17 heavy (non-hydrogen) atoms. The molecule has 3 N–H and O–H groups in total. The summed E-state index contributed by atoms with van der Waals surface area (Å²) in [5, 5.41) is 3.67. The van der Waals surface area contributed by atoms with Crippen LogP contribution < -0.4 is 15.8 Å². The van der Waals surface area contributed by atoms with E-state index in [0.29, 0.717) is 28.1 Å². The maximum absolute atomic E-state index is 6.04. The number of hydrogen-bond acceptors (Lipinski definition) is 4. The van der Waals surface area contributed by atoms with Crippen LogP contribution in [0.4, 0.5) is 17.2 Å². The Morgan fingerprint density at radius 2 is 2.12 bits per heavy atom. The molecule has 0 saturated heterocycles. The number of hydrogen-bond donors (Lipinski definition) is 2. The minimum absolute atomic E-state index is 0.537. The van der Waals surface area contributed by atoms with Crippen LogP contribution in [0.2, 0.25) is 5.02 Å². The van der Waals surface area contributed by atoms with Crippen LogP contribution in [0.25, 0.3) is 0 Å². The summed E-state index contributed by atoms with van der Waals surface area (Å²) in [6.07, 6.45) is 0. The SMILES string of the molecule is COc1cccc(Nc2cc(N)ccc2Cl)n1. The fraction of sp³-hybridized carbons (Fsp3) is 0.0833. The summed E-state index contributed by atoms with van der Waals surface area (Å²) in [7, 11) is 1.57. The molecule has 1 aromatic heterocycles. The quantitative estimate of drug-likeness (QED) is 0.821. The smallest absolute Gasteiger partial charge is 0.214 e. The third-order valence-corrected chi connectivity index (χ3v) is 2.52. The average molecular weight is 250 g/mol. The molecule has 0 fully saturated rings. The van der Waals surface area contributed by atoms with E-state index in [1.807, 2.05) is 12.1 Å². The van der Waals surface area contributed by atoms with Crippen molar-refractivity contribution in [2.75, 3.05) is 18.2 Å². The van der Waals surface area contributed by atoms with Gasteiger partial charge in [-0.1, -0.05) is 17.7 Å². The summed E-state index contributed by atoms with van der Waals surface area (Å²) in [6, 6.07) is 10.7. The summed E-state index contributed by atoms with van der Waals surface area (Å²) < 4.78 is 5.04. The highest BCUT2D eigenvalue weighted by Gasteiger charge is 2.03. The van der Waals surface area contributed by atoms with Crippen LogP contribution in [0.5, 0.6) is 5.88 Å². The highest BCUT2D eigenvalue weighted by molar-refractivity contribution is 6.33. The molecule has 88 valence electrons. The molecule has 0 aliphatic carbocycles. The number of halogens is 1. The number of aromatic nitrogens is 1. The number of methoxy groups -OCH3 is 1. The molecule has 1 heterocycles. The Hall–Kier alpha value is -1.94. The second kappa shape index (κ2) is 4.93. The van der Waals surface area contributed by atoms with Gasteiger partial charge in [0.05, 0.1) is 17.8 Å². The van der Waals surface area contributed by atoms with Gasteiger partial charge in [-0.2, -0.15) is 4.98 Å². The number of rotatable bonds is 3. The lowest BCUT2D eigenvalue weighted by Gasteiger charge is -2.09. The fourth-order valence-electron chi connectivity index (χ4n) is 1.37. The van der Waals surface area contributed by atoms with E-state index in [4.69, 9.17) is 22.1 Å². The van der Waals surface area contributed by atoms with Gasteiger partial charge in [0.2, 0.25) is 5.88 Å². The predicted molar refractivity (Wildman–Crippen MR) is 69.9 cm³/mol. The monoisotopic (exact) mass is 249 g/mol. The van der Waals surface area contributed by atoms with Gasteiger partial charge in [-0.15, -0.1) is 0 Å². The molecule has 0 aliphatic rings. The van der Waals surface area contributed by atoms with Gasteiger partial charge in [-0.05, 0) is 24.3 Å². The van der Waals surface area contributed by atoms with E-state index >= 15 is 0 Å². The van der Waals surface area contributed by atoms with Crippen LogP contribution in [0, 0.1) is 0 Å². The molecule has 0 radical (unpaired) electrons. The summed E-state index contributed by atoms with van der Waals surface area (Å²) in [5.74, 6) is 1.19. The van der Waals surface area contributed by atoms with E-state index in [-0.39, 0.29) is 0 Å². The molecule has 2 aromatic rings. The molecule has 0 spiro atoms. The maximum atomic E-state index is 6.04. The largest absolute Gasteiger partial charge is 0.481 e. The van der Waals surface area contributed by atoms with Crippen molar-refractivity contribution in [2.45, 2.75) is 0 Å². The van der Waals surface area contributed by atoms with E-state index in [9.17, 15) is 0 Å². The first-order valence-corrected chi connectivity index (χ1v) is 5.40. The van der Waals surface area contributed by atoms with Crippen LogP contribution in [-0.2, 0) is 0 Å². The minimum atomic E-state index is 0.537. The van der Waals surface area contributed by atoms with E-state index in [2.05, 4.69) is 10.3 Å². The third kappa shape index (κ3) is 2.79. The zero-order valence-corrected chi connectivity index (χ0v) is 10.0. The Kier molecular flexibility index (Phi) is 3.35. The number of nitrogen functional groups attached to an aromatic ring is 1. The minimum Gasteiger partial charge on any atom is -0.481 e. The standard InChI is InChI=1S/C12H12ClN3O/c1-17-12-4-2-3-11(16-12)15-10-7-8(14)5-6-9(10)13/h2-7H,14H2,1H3,(H,15,16). The van der Waals surface area contributed by atoms with Crippen molar-refractivity contribution in [3.63, 3.8) is 0 Å². The van der Waals surface area contributed by atoms with E-state index < -0.39 is 0 Å². The van der Waals surface area contributed by atoms with E-state index in [1.165, 1.54) is 0 Å². The number of pyridine rings is 1. The molecule has 0 amide bonds. The van der Waals surface area contributed by atoms with Crippen LogP contribution in [0.1, 0.15) is 0 Å². The van der Waals surface area contributed by atoms with Crippen LogP contribution in [0.15, 0.2) is 36.4 Å². The number of nitrogens with one attached hydrogen (secondary N) is 1. The number of ether oxygens (including phenoxy) is 1. The predicted octanol–water partition coefficient (Wildman–Crippen LogP) is 3.07. The van der Waals surface area contributed by atoms with E-state index in [0.717, 1.165) is 0 Å². The normalized spacial score (nSPS) is 10.0. The van der Waals surface area contributed by atoms with Gasteiger partial charge < -0.3 is 15.8 Å². The maximum Gasteiger partial charge on any atom is 0.214 e. The van der Waals surface area contributed by atoms with Crippen molar-refractivity contribution in [1.82, 2.24) is 4.98 Å². The fourth-order valence-corrected chi connectivity index (χ4v) is 1.54. The lowest BCUT2D eigenvalue weighted by Crippen LogP contribution is -1.97. The first kappa shape index (κ1) is 11.5. The van der Waals surface area contributed by atoms with Gasteiger partial charge in [-0.25, -0.2) is 0 Å². The number of nitrogens with two attached hydrogens (primary N) is 1. The molecule has 5 heteroatoms. The molecule has 2 rings (SSSR count). The zero-order chi connectivity index (χ0) is 12.3. The van der Waals surface area contributed by atoms with E-state index in [1.54, 1.807) is 31.4 Å². The summed E-state index contributed by atoms with van der Waals surface area (Å²) in [6.45, 7) is 0.